The first kappa shape index (κ1) is 37.5. The second-order valence-corrected chi connectivity index (χ2v) is 14.2. The van der Waals surface area contributed by atoms with Crippen molar-refractivity contribution in [3.05, 3.63) is 71.8 Å². The maximum Gasteiger partial charge on any atom is 0.407 e. The van der Waals surface area contributed by atoms with Gasteiger partial charge in [-0.1, -0.05) is 81.4 Å². The van der Waals surface area contributed by atoms with Crippen molar-refractivity contribution >= 4 is 6.09 Å². The van der Waals surface area contributed by atoms with Gasteiger partial charge >= 0.3 is 6.09 Å². The van der Waals surface area contributed by atoms with Gasteiger partial charge in [-0.15, -0.1) is 0 Å². The summed E-state index contributed by atoms with van der Waals surface area (Å²) in [5.74, 6) is 0. The minimum Gasteiger partial charge on any atom is -0.465 e. The van der Waals surface area contributed by atoms with E-state index in [9.17, 15) is 40.5 Å². The average molecular weight is 691 g/mol. The van der Waals surface area contributed by atoms with Crippen LogP contribution >= 0.6 is 0 Å². The summed E-state index contributed by atoms with van der Waals surface area (Å²) in [6.45, 7) is 5.03. The molecule has 0 aliphatic carbocycles. The normalized spacial score (nSPS) is 32.1. The molecule has 3 saturated heterocycles. The monoisotopic (exact) mass is 690 g/mol. The van der Waals surface area contributed by atoms with Gasteiger partial charge in [0.1, 0.15) is 36.6 Å². The number of carboxylic acid groups (broad SMARTS) is 1. The van der Waals surface area contributed by atoms with Crippen LogP contribution in [-0.4, -0.2) is 145 Å². The molecular formula is C35H50N2O12. The van der Waals surface area contributed by atoms with Crippen LogP contribution in [0, 0.1) is 5.41 Å². The first-order valence-electron chi connectivity index (χ1n) is 16.7. The van der Waals surface area contributed by atoms with Crippen LogP contribution in [0.4, 0.5) is 4.79 Å². The highest BCUT2D eigenvalue weighted by molar-refractivity contribution is 5.66. The maximum atomic E-state index is 12.3. The Morgan fingerprint density at radius 2 is 1.22 bits per heavy atom. The zero-order chi connectivity index (χ0) is 35.5. The zero-order valence-electron chi connectivity index (χ0n) is 28.0. The van der Waals surface area contributed by atoms with E-state index in [2.05, 4.69) is 0 Å². The van der Waals surface area contributed by atoms with E-state index in [0.717, 1.165) is 0 Å². The fourth-order valence-electron chi connectivity index (χ4n) is 7.19. The number of rotatable bonds is 11. The molecule has 0 bridgehead atoms. The van der Waals surface area contributed by atoms with Crippen molar-refractivity contribution in [3.63, 3.8) is 0 Å². The first-order chi connectivity index (χ1) is 23.3. The summed E-state index contributed by atoms with van der Waals surface area (Å²) in [5.41, 5.74) is 0.760. The molecule has 3 heterocycles. The molecule has 5 rings (SSSR count). The molecular weight excluding hydrogens is 640 g/mol. The van der Waals surface area contributed by atoms with Gasteiger partial charge in [-0.2, -0.15) is 0 Å². The van der Waals surface area contributed by atoms with Gasteiger partial charge < -0.3 is 59.6 Å². The third-order valence-corrected chi connectivity index (χ3v) is 9.57. The van der Waals surface area contributed by atoms with E-state index >= 15 is 0 Å². The van der Waals surface area contributed by atoms with E-state index in [4.69, 9.17) is 18.9 Å². The van der Waals surface area contributed by atoms with E-state index in [0.29, 0.717) is 17.5 Å². The molecule has 272 valence electrons. The van der Waals surface area contributed by atoms with Crippen molar-refractivity contribution in [2.45, 2.75) is 101 Å². The lowest BCUT2D eigenvalue weighted by atomic mass is 9.81. The molecule has 0 radical (unpaired) electrons. The number of benzene rings is 2. The Hall–Kier alpha value is -2.73. The lowest BCUT2D eigenvalue weighted by Crippen LogP contribution is -2.60. The fourth-order valence-corrected chi connectivity index (χ4v) is 7.19. The smallest absolute Gasteiger partial charge is 0.407 e. The number of hydrogen-bond acceptors (Lipinski definition) is 12. The van der Waals surface area contributed by atoms with Gasteiger partial charge in [0.25, 0.3) is 0 Å². The van der Waals surface area contributed by atoms with Gasteiger partial charge in [-0.05, 0) is 11.8 Å². The van der Waals surface area contributed by atoms with E-state index < -0.39 is 85.0 Å². The van der Waals surface area contributed by atoms with Gasteiger partial charge in [0.05, 0.1) is 31.5 Å². The van der Waals surface area contributed by atoms with Crippen LogP contribution in [0.2, 0.25) is 0 Å². The predicted octanol–water partition coefficient (Wildman–Crippen LogP) is 0.849. The summed E-state index contributed by atoms with van der Waals surface area (Å²) in [5, 5.41) is 77.1. The number of likely N-dealkylation sites (tertiary alicyclic amines) is 1. The number of nitrogens with zero attached hydrogens (tertiary/aromatic N) is 2. The summed E-state index contributed by atoms with van der Waals surface area (Å²) in [6.07, 6.45) is -13.8. The average Bonchev–Trinajstić information content (AvgIpc) is 3.55. The zero-order valence-corrected chi connectivity index (χ0v) is 28.0. The van der Waals surface area contributed by atoms with Crippen molar-refractivity contribution < 1.29 is 59.5 Å². The fraction of sp³-hybridized carbons (Fsp3) is 0.629. The lowest BCUT2D eigenvalue weighted by molar-refractivity contribution is -0.285. The third-order valence-electron chi connectivity index (χ3n) is 9.57. The molecule has 7 N–H and O–H groups in total. The third kappa shape index (κ3) is 8.78. The summed E-state index contributed by atoms with van der Waals surface area (Å²) < 4.78 is 23.1. The van der Waals surface area contributed by atoms with Crippen LogP contribution in [0.25, 0.3) is 0 Å². The van der Waals surface area contributed by atoms with Crippen LogP contribution in [0.5, 0.6) is 0 Å². The molecule has 3 aliphatic rings. The highest BCUT2D eigenvalue weighted by atomic mass is 16.7. The number of aliphatic hydroxyl groups is 6. The summed E-state index contributed by atoms with van der Waals surface area (Å²) in [6, 6.07) is 16.8. The van der Waals surface area contributed by atoms with Crippen LogP contribution in [0.15, 0.2) is 60.7 Å². The molecule has 12 atom stereocenters. The molecule has 0 saturated carbocycles. The van der Waals surface area contributed by atoms with E-state index in [-0.39, 0.29) is 32.8 Å². The second-order valence-electron chi connectivity index (χ2n) is 14.2. The van der Waals surface area contributed by atoms with Crippen LogP contribution in [0.3, 0.4) is 0 Å². The molecule has 3 fully saturated rings. The Kier molecular flexibility index (Phi) is 12.3. The standard InChI is InChI=1S/C35H50N2O12/c1-35(2,3)31-22(14-15-37(31)34(44)45)36(16-23(38)27(42)29-25(40)18-46-32(48-29)20-10-6-4-7-11-20)17-24(39)28(43)30-26(41)19-47-33(49-30)21-12-8-5-9-13-21/h4-13,22-33,38-43H,14-19H2,1-3H3,(H,44,45)/t22-,23-,24-,25+,26+,27+,28+,29+,30+,31?,32?,33?/m0/s1. The van der Waals surface area contributed by atoms with Crippen molar-refractivity contribution in [3.8, 4) is 0 Å². The van der Waals surface area contributed by atoms with Gasteiger partial charge in [0, 0.05) is 36.8 Å². The summed E-state index contributed by atoms with van der Waals surface area (Å²) in [4.78, 5) is 15.3. The SMILES string of the molecule is CC(C)(C)C1[C@@H](N(C[C@H](O)[C@@H](O)[C@@H]2OC(c3ccccc3)OC[C@H]2O)C[C@H](O)[C@@H](O)[C@@H]2OC(c3ccccc3)OC[C@H]2O)CCN1C(=O)O. The quantitative estimate of drug-likeness (QED) is 0.175. The Morgan fingerprint density at radius 1 is 0.796 bits per heavy atom. The van der Waals surface area contributed by atoms with E-state index in [1.807, 2.05) is 32.9 Å². The molecule has 1 amide bonds. The van der Waals surface area contributed by atoms with Crippen LogP contribution in [-0.2, 0) is 18.9 Å². The van der Waals surface area contributed by atoms with Gasteiger partial charge in [0.2, 0.25) is 0 Å². The highest BCUT2D eigenvalue weighted by Crippen LogP contribution is 2.37. The molecule has 0 aromatic heterocycles. The van der Waals surface area contributed by atoms with Crippen molar-refractivity contribution in [1.29, 1.82) is 0 Å². The minimum atomic E-state index is -1.60. The largest absolute Gasteiger partial charge is 0.465 e. The summed E-state index contributed by atoms with van der Waals surface area (Å²) in [7, 11) is 0. The molecule has 14 nitrogen and oxygen atoms in total. The number of aliphatic hydroxyl groups excluding tert-OH is 6. The first-order valence-corrected chi connectivity index (χ1v) is 16.7. The molecule has 2 aromatic carbocycles. The molecule has 49 heavy (non-hydrogen) atoms. The lowest BCUT2D eigenvalue weighted by Gasteiger charge is -2.44. The molecule has 3 unspecified atom stereocenters. The molecule has 14 heteroatoms. The van der Waals surface area contributed by atoms with Gasteiger partial charge in [-0.25, -0.2) is 4.79 Å². The van der Waals surface area contributed by atoms with Gasteiger partial charge in [-0.3, -0.25) is 4.90 Å². The van der Waals surface area contributed by atoms with Gasteiger partial charge in [0.15, 0.2) is 12.6 Å². The van der Waals surface area contributed by atoms with Crippen LogP contribution < -0.4 is 0 Å². The number of hydrogen-bond donors (Lipinski definition) is 7. The minimum absolute atomic E-state index is 0.150. The Bertz CT molecular complexity index is 1260. The Labute approximate surface area is 286 Å². The molecule has 0 spiro atoms. The Morgan fingerprint density at radius 3 is 1.61 bits per heavy atom. The summed E-state index contributed by atoms with van der Waals surface area (Å²) >= 11 is 0. The molecule has 2 aromatic rings. The number of amides is 1. The second kappa shape index (κ2) is 16.1. The van der Waals surface area contributed by atoms with E-state index in [1.54, 1.807) is 53.4 Å². The number of carbonyl (C=O) groups is 1. The predicted molar refractivity (Wildman–Crippen MR) is 174 cm³/mol. The van der Waals surface area contributed by atoms with Crippen molar-refractivity contribution in [2.75, 3.05) is 32.8 Å². The topological polar surface area (TPSA) is 202 Å². The maximum absolute atomic E-state index is 12.3. The number of ether oxygens (including phenoxy) is 4. The molecule has 3 aliphatic heterocycles. The van der Waals surface area contributed by atoms with Crippen LogP contribution in [0.1, 0.15) is 50.9 Å². The highest BCUT2D eigenvalue weighted by Gasteiger charge is 2.49. The Balaban J connectivity index is 1.36. The van der Waals surface area contributed by atoms with Crippen molar-refractivity contribution in [2.24, 2.45) is 5.41 Å². The van der Waals surface area contributed by atoms with Crippen molar-refractivity contribution in [1.82, 2.24) is 9.80 Å². The van der Waals surface area contributed by atoms with E-state index in [1.165, 1.54) is 4.90 Å².